The van der Waals surface area contributed by atoms with Gasteiger partial charge in [-0.1, -0.05) is 30.3 Å². The number of imide groups is 3. The van der Waals surface area contributed by atoms with Gasteiger partial charge in [0.1, 0.15) is 0 Å². The van der Waals surface area contributed by atoms with E-state index in [1.807, 2.05) is 51.1 Å². The van der Waals surface area contributed by atoms with Crippen molar-refractivity contribution in [1.29, 1.82) is 0 Å². The van der Waals surface area contributed by atoms with Crippen LogP contribution in [0.3, 0.4) is 0 Å². The molecule has 1 aromatic carbocycles. The third-order valence-corrected chi connectivity index (χ3v) is 6.04. The van der Waals surface area contributed by atoms with Gasteiger partial charge in [0.05, 0.1) is 29.3 Å². The second-order valence-corrected chi connectivity index (χ2v) is 8.35. The lowest BCUT2D eigenvalue weighted by Gasteiger charge is -2.45. The Labute approximate surface area is 159 Å². The first-order valence-corrected chi connectivity index (χ1v) is 9.24. The molecule has 6 nitrogen and oxygen atoms in total. The molecule has 6 heteroatoms. The SMILES string of the molecule is CC(=O)N(C(C)=O)C(=O)[C@@]12C[C@H](OCc3ccccc3)[C@@](C)(C1)OC2(C)C. The summed E-state index contributed by atoms with van der Waals surface area (Å²) in [7, 11) is 0. The minimum atomic E-state index is -0.972. The molecule has 1 saturated heterocycles. The number of ether oxygens (including phenoxy) is 2. The van der Waals surface area contributed by atoms with Crippen LogP contribution in [0.25, 0.3) is 0 Å². The number of nitrogens with zero attached hydrogens (tertiary/aromatic N) is 1. The van der Waals surface area contributed by atoms with Gasteiger partial charge in [0.2, 0.25) is 17.7 Å². The predicted octanol–water partition coefficient (Wildman–Crippen LogP) is 2.84. The molecule has 2 bridgehead atoms. The number of hydrogen-bond donors (Lipinski definition) is 0. The third kappa shape index (κ3) is 3.11. The van der Waals surface area contributed by atoms with Crippen LogP contribution in [0.1, 0.15) is 53.0 Å². The van der Waals surface area contributed by atoms with Crippen LogP contribution in [0, 0.1) is 5.41 Å². The Hall–Kier alpha value is -2.05. The Morgan fingerprint density at radius 2 is 1.70 bits per heavy atom. The van der Waals surface area contributed by atoms with Crippen LogP contribution in [0.4, 0.5) is 0 Å². The first kappa shape index (κ1) is 19.7. The van der Waals surface area contributed by atoms with Crippen molar-refractivity contribution >= 4 is 17.7 Å². The number of fused-ring (bicyclic) bond motifs is 2. The van der Waals surface area contributed by atoms with E-state index in [1.165, 1.54) is 13.8 Å². The number of hydrogen-bond acceptors (Lipinski definition) is 5. The average molecular weight is 373 g/mol. The maximum atomic E-state index is 13.3. The standard InChI is InChI=1S/C21H27NO5/c1-14(23)22(15(2)24)18(25)21-11-17(20(5,13-21)27-19(21,3)4)26-12-16-9-7-6-8-10-16/h6-10,17H,11-13H2,1-5H3/t17-,20+,21+/m0/s1. The van der Waals surface area contributed by atoms with E-state index >= 15 is 0 Å². The molecular formula is C21H27NO5. The van der Waals surface area contributed by atoms with E-state index < -0.39 is 34.3 Å². The van der Waals surface area contributed by atoms with Crippen molar-refractivity contribution in [2.24, 2.45) is 5.41 Å². The zero-order valence-electron chi connectivity index (χ0n) is 16.6. The number of rotatable bonds is 4. The van der Waals surface area contributed by atoms with E-state index in [9.17, 15) is 14.4 Å². The molecule has 2 aliphatic rings. The molecule has 0 radical (unpaired) electrons. The van der Waals surface area contributed by atoms with Crippen LogP contribution in [0.2, 0.25) is 0 Å². The molecule has 146 valence electrons. The molecule has 1 heterocycles. The molecule has 3 rings (SSSR count). The van der Waals surface area contributed by atoms with Gasteiger partial charge < -0.3 is 9.47 Å². The number of benzene rings is 1. The highest BCUT2D eigenvalue weighted by atomic mass is 16.6. The molecule has 3 atom stereocenters. The molecule has 1 aliphatic carbocycles. The van der Waals surface area contributed by atoms with Crippen molar-refractivity contribution in [1.82, 2.24) is 4.90 Å². The summed E-state index contributed by atoms with van der Waals surface area (Å²) in [6.45, 7) is 8.52. The zero-order valence-corrected chi connectivity index (χ0v) is 16.6. The molecule has 3 amide bonds. The van der Waals surface area contributed by atoms with Crippen molar-refractivity contribution in [3.05, 3.63) is 35.9 Å². The average Bonchev–Trinajstić information content (AvgIpc) is 2.97. The highest BCUT2D eigenvalue weighted by Crippen LogP contribution is 2.63. The number of amides is 3. The molecule has 1 aromatic rings. The zero-order chi connectivity index (χ0) is 20.0. The Morgan fingerprint density at radius 1 is 1.11 bits per heavy atom. The van der Waals surface area contributed by atoms with E-state index in [1.54, 1.807) is 0 Å². The summed E-state index contributed by atoms with van der Waals surface area (Å²) in [6, 6.07) is 9.80. The summed E-state index contributed by atoms with van der Waals surface area (Å²) in [4.78, 5) is 38.0. The Balaban J connectivity index is 1.87. The molecule has 1 saturated carbocycles. The van der Waals surface area contributed by atoms with Gasteiger partial charge in [0, 0.05) is 13.8 Å². The van der Waals surface area contributed by atoms with E-state index in [-0.39, 0.29) is 6.10 Å². The summed E-state index contributed by atoms with van der Waals surface area (Å²) in [5.74, 6) is -1.62. The van der Waals surface area contributed by atoms with Gasteiger partial charge in [0.25, 0.3) is 0 Å². The number of carbonyl (C=O) groups is 3. The van der Waals surface area contributed by atoms with Gasteiger partial charge in [-0.15, -0.1) is 0 Å². The Kier molecular flexibility index (Phi) is 4.77. The van der Waals surface area contributed by atoms with Crippen molar-refractivity contribution in [3.8, 4) is 0 Å². The summed E-state index contributed by atoms with van der Waals surface area (Å²) in [5, 5.41) is 0. The van der Waals surface area contributed by atoms with Crippen molar-refractivity contribution < 1.29 is 23.9 Å². The first-order chi connectivity index (χ1) is 12.5. The molecule has 1 aliphatic heterocycles. The number of carbonyl (C=O) groups excluding carboxylic acids is 3. The van der Waals surface area contributed by atoms with Crippen molar-refractivity contribution in [3.63, 3.8) is 0 Å². The Morgan fingerprint density at radius 3 is 2.26 bits per heavy atom. The topological polar surface area (TPSA) is 72.9 Å². The van der Waals surface area contributed by atoms with Crippen molar-refractivity contribution in [2.45, 2.75) is 71.4 Å². The molecular weight excluding hydrogens is 346 g/mol. The molecule has 0 unspecified atom stereocenters. The quantitative estimate of drug-likeness (QED) is 0.811. The van der Waals surface area contributed by atoms with E-state index in [4.69, 9.17) is 9.47 Å². The molecule has 2 fully saturated rings. The maximum absolute atomic E-state index is 13.3. The van der Waals surface area contributed by atoms with Crippen LogP contribution in [0.15, 0.2) is 30.3 Å². The fraction of sp³-hybridized carbons (Fsp3) is 0.571. The van der Waals surface area contributed by atoms with Gasteiger partial charge in [-0.2, -0.15) is 0 Å². The summed E-state index contributed by atoms with van der Waals surface area (Å²) in [6.07, 6.45) is 0.539. The molecule has 0 aromatic heterocycles. The fourth-order valence-electron chi connectivity index (χ4n) is 4.71. The van der Waals surface area contributed by atoms with E-state index in [2.05, 4.69) is 0 Å². The molecule has 27 heavy (non-hydrogen) atoms. The fourth-order valence-corrected chi connectivity index (χ4v) is 4.71. The van der Waals surface area contributed by atoms with Gasteiger partial charge in [0.15, 0.2) is 0 Å². The Bertz CT molecular complexity index is 760. The van der Waals surface area contributed by atoms with Crippen LogP contribution in [-0.2, 0) is 30.5 Å². The smallest absolute Gasteiger partial charge is 0.245 e. The van der Waals surface area contributed by atoms with Crippen LogP contribution >= 0.6 is 0 Å². The lowest BCUT2D eigenvalue weighted by atomic mass is 9.71. The minimum Gasteiger partial charge on any atom is -0.371 e. The summed E-state index contributed by atoms with van der Waals surface area (Å²) < 4.78 is 12.4. The second-order valence-electron chi connectivity index (χ2n) is 8.35. The van der Waals surface area contributed by atoms with Gasteiger partial charge in [-0.05, 0) is 39.2 Å². The monoisotopic (exact) mass is 373 g/mol. The normalized spacial score (nSPS) is 30.9. The third-order valence-electron chi connectivity index (χ3n) is 6.04. The van der Waals surface area contributed by atoms with Crippen LogP contribution in [0.5, 0.6) is 0 Å². The lowest BCUT2D eigenvalue weighted by Crippen LogP contribution is -2.57. The van der Waals surface area contributed by atoms with Gasteiger partial charge in [-0.3, -0.25) is 14.4 Å². The first-order valence-electron chi connectivity index (χ1n) is 9.24. The summed E-state index contributed by atoms with van der Waals surface area (Å²) >= 11 is 0. The molecule has 0 N–H and O–H groups in total. The minimum absolute atomic E-state index is 0.296. The maximum Gasteiger partial charge on any atom is 0.245 e. The largest absolute Gasteiger partial charge is 0.371 e. The highest BCUT2D eigenvalue weighted by molar-refractivity contribution is 6.11. The second kappa shape index (κ2) is 6.53. The molecule has 0 spiro atoms. The van der Waals surface area contributed by atoms with Crippen LogP contribution in [-0.4, -0.2) is 39.9 Å². The van der Waals surface area contributed by atoms with E-state index in [0.717, 1.165) is 10.5 Å². The van der Waals surface area contributed by atoms with Gasteiger partial charge >= 0.3 is 0 Å². The van der Waals surface area contributed by atoms with Crippen LogP contribution < -0.4 is 0 Å². The lowest BCUT2D eigenvalue weighted by molar-refractivity contribution is -0.206. The summed E-state index contributed by atoms with van der Waals surface area (Å²) in [5.41, 5.74) is -1.38. The van der Waals surface area contributed by atoms with Gasteiger partial charge in [-0.25, -0.2) is 4.90 Å². The predicted molar refractivity (Wildman–Crippen MR) is 98.5 cm³/mol. The van der Waals surface area contributed by atoms with E-state index in [0.29, 0.717) is 19.4 Å². The highest BCUT2D eigenvalue weighted by Gasteiger charge is 2.72. The van der Waals surface area contributed by atoms with Crippen molar-refractivity contribution in [2.75, 3.05) is 0 Å².